The molecule has 0 saturated heterocycles. The number of rotatable bonds is 8. The van der Waals surface area contributed by atoms with Crippen LogP contribution >= 0.6 is 11.6 Å². The lowest BCUT2D eigenvalue weighted by atomic mass is 10.0. The molecule has 8 nitrogen and oxygen atoms in total. The van der Waals surface area contributed by atoms with E-state index in [1.54, 1.807) is 67.4 Å². The van der Waals surface area contributed by atoms with Crippen molar-refractivity contribution in [3.63, 3.8) is 0 Å². The maximum absolute atomic E-state index is 13.4. The molecule has 6 rings (SSSR count). The second-order valence-electron chi connectivity index (χ2n) is 9.24. The van der Waals surface area contributed by atoms with Crippen LogP contribution < -0.4 is 5.32 Å². The highest BCUT2D eigenvalue weighted by Gasteiger charge is 2.21. The zero-order chi connectivity index (χ0) is 28.2. The first-order chi connectivity index (χ1) is 20.0. The van der Waals surface area contributed by atoms with Gasteiger partial charge in [-0.3, -0.25) is 9.78 Å². The van der Waals surface area contributed by atoms with E-state index in [0.717, 1.165) is 11.1 Å². The molecule has 1 amide bonds. The average molecular weight is 565 g/mol. The molecule has 1 atom stereocenters. The fourth-order valence-corrected chi connectivity index (χ4v) is 4.63. The number of hydrogen-bond donors (Lipinski definition) is 1. The molecule has 0 unspecified atom stereocenters. The van der Waals surface area contributed by atoms with Crippen molar-refractivity contribution < 1.29 is 13.6 Å². The molecule has 0 aliphatic heterocycles. The van der Waals surface area contributed by atoms with Crippen molar-refractivity contribution in [2.45, 2.75) is 12.6 Å². The van der Waals surface area contributed by atoms with Gasteiger partial charge in [-0.1, -0.05) is 29.8 Å². The minimum Gasteiger partial charge on any atom is -0.416 e. The number of pyridine rings is 1. The lowest BCUT2D eigenvalue weighted by Gasteiger charge is -2.21. The molecule has 0 aliphatic carbocycles. The van der Waals surface area contributed by atoms with E-state index in [9.17, 15) is 9.18 Å². The molecule has 3 heterocycles. The molecule has 3 aromatic carbocycles. The molecule has 6 aromatic rings. The lowest BCUT2D eigenvalue weighted by Crippen LogP contribution is -2.31. The fourth-order valence-electron chi connectivity index (χ4n) is 4.35. The van der Waals surface area contributed by atoms with Gasteiger partial charge in [0.05, 0.1) is 18.1 Å². The van der Waals surface area contributed by atoms with Gasteiger partial charge in [-0.2, -0.15) is 0 Å². The van der Waals surface area contributed by atoms with E-state index < -0.39 is 6.04 Å². The Hall–Kier alpha value is -5.15. The van der Waals surface area contributed by atoms with Crippen LogP contribution in [0.3, 0.4) is 0 Å². The van der Waals surface area contributed by atoms with E-state index in [1.165, 1.54) is 12.1 Å². The summed E-state index contributed by atoms with van der Waals surface area (Å²) in [6.07, 6.45) is 6.76. The van der Waals surface area contributed by atoms with Gasteiger partial charge in [-0.25, -0.2) is 9.37 Å². The van der Waals surface area contributed by atoms with Crippen molar-refractivity contribution in [3.05, 3.63) is 132 Å². The highest BCUT2D eigenvalue weighted by Crippen LogP contribution is 2.29. The minimum absolute atomic E-state index is 0.296. The number of aromatic nitrogens is 5. The SMILES string of the molecule is O=C(N[C@@H](Cn1ccnc1)c1cnc(-c2ccc(F)cc2)cc1Cl)c1ccc(-c2nnc(-c3ccccc3)o2)cc1. The summed E-state index contributed by atoms with van der Waals surface area (Å²) in [6.45, 7) is 0.380. The van der Waals surface area contributed by atoms with Crippen molar-refractivity contribution in [1.82, 2.24) is 30.0 Å². The second-order valence-corrected chi connectivity index (χ2v) is 9.65. The zero-order valence-electron chi connectivity index (χ0n) is 21.5. The van der Waals surface area contributed by atoms with Crippen molar-refractivity contribution in [2.75, 3.05) is 0 Å². The highest BCUT2D eigenvalue weighted by atomic mass is 35.5. The highest BCUT2D eigenvalue weighted by molar-refractivity contribution is 6.31. The summed E-state index contributed by atoms with van der Waals surface area (Å²) in [4.78, 5) is 22.0. The van der Waals surface area contributed by atoms with Gasteiger partial charge in [0.25, 0.3) is 5.91 Å². The van der Waals surface area contributed by atoms with Gasteiger partial charge in [-0.05, 0) is 66.7 Å². The Morgan fingerprint density at radius 3 is 2.27 bits per heavy atom. The number of halogens is 2. The Labute approximate surface area is 239 Å². The minimum atomic E-state index is -0.511. The van der Waals surface area contributed by atoms with Crippen molar-refractivity contribution in [1.29, 1.82) is 0 Å². The van der Waals surface area contributed by atoms with Gasteiger partial charge in [0.1, 0.15) is 5.82 Å². The number of amides is 1. The number of benzene rings is 3. The van der Waals surface area contributed by atoms with Gasteiger partial charge in [-0.15, -0.1) is 10.2 Å². The largest absolute Gasteiger partial charge is 0.416 e. The van der Waals surface area contributed by atoms with Gasteiger partial charge in [0, 0.05) is 58.0 Å². The van der Waals surface area contributed by atoms with E-state index in [1.807, 2.05) is 34.9 Å². The summed E-state index contributed by atoms with van der Waals surface area (Å²) in [5.74, 6) is 0.145. The molecule has 41 heavy (non-hydrogen) atoms. The Kier molecular flexibility index (Phi) is 7.34. The van der Waals surface area contributed by atoms with Crippen LogP contribution in [-0.4, -0.2) is 30.6 Å². The average Bonchev–Trinajstić information content (AvgIpc) is 3.71. The number of carbonyl (C=O) groups excluding carboxylic acids is 1. The summed E-state index contributed by atoms with van der Waals surface area (Å²) in [5.41, 5.74) is 3.92. The molecule has 0 spiro atoms. The summed E-state index contributed by atoms with van der Waals surface area (Å²) >= 11 is 6.70. The van der Waals surface area contributed by atoms with Crippen LogP contribution in [0, 0.1) is 5.82 Å². The predicted octanol–water partition coefficient (Wildman–Crippen LogP) is 6.63. The van der Waals surface area contributed by atoms with Crippen LogP contribution in [0.1, 0.15) is 22.0 Å². The molecular weight excluding hydrogens is 543 g/mol. The molecule has 0 fully saturated rings. The first kappa shape index (κ1) is 26.1. The number of hydrogen-bond acceptors (Lipinski definition) is 6. The maximum Gasteiger partial charge on any atom is 0.251 e. The van der Waals surface area contributed by atoms with Crippen LogP contribution in [0.2, 0.25) is 5.02 Å². The van der Waals surface area contributed by atoms with E-state index in [2.05, 4.69) is 25.5 Å². The van der Waals surface area contributed by atoms with E-state index in [4.69, 9.17) is 16.0 Å². The van der Waals surface area contributed by atoms with E-state index in [0.29, 0.717) is 45.7 Å². The van der Waals surface area contributed by atoms with Gasteiger partial charge in [0.15, 0.2) is 0 Å². The van der Waals surface area contributed by atoms with E-state index in [-0.39, 0.29) is 11.7 Å². The van der Waals surface area contributed by atoms with Crippen molar-refractivity contribution >= 4 is 17.5 Å². The summed E-state index contributed by atoms with van der Waals surface area (Å²) < 4.78 is 21.0. The van der Waals surface area contributed by atoms with Crippen molar-refractivity contribution in [3.8, 4) is 34.2 Å². The molecule has 10 heteroatoms. The normalized spacial score (nSPS) is 11.8. The molecule has 0 bridgehead atoms. The van der Waals surface area contributed by atoms with Crippen LogP contribution in [-0.2, 0) is 6.54 Å². The molecule has 202 valence electrons. The molecule has 3 aromatic heterocycles. The van der Waals surface area contributed by atoms with Crippen LogP contribution in [0.5, 0.6) is 0 Å². The second kappa shape index (κ2) is 11.5. The number of carbonyl (C=O) groups is 1. The maximum atomic E-state index is 13.4. The molecular formula is C31H22ClFN6O2. The zero-order valence-corrected chi connectivity index (χ0v) is 22.2. The third-order valence-electron chi connectivity index (χ3n) is 6.50. The number of nitrogens with one attached hydrogen (secondary N) is 1. The molecule has 0 aliphatic rings. The van der Waals surface area contributed by atoms with Crippen LogP contribution in [0.4, 0.5) is 4.39 Å². The first-order valence-electron chi connectivity index (χ1n) is 12.7. The Morgan fingerprint density at radius 1 is 0.927 bits per heavy atom. The first-order valence-corrected chi connectivity index (χ1v) is 13.1. The van der Waals surface area contributed by atoms with Crippen LogP contribution in [0.15, 0.2) is 114 Å². The fraction of sp³-hybridized carbons (Fsp3) is 0.0645. The molecule has 1 N–H and O–H groups in total. The summed E-state index contributed by atoms with van der Waals surface area (Å²) in [5, 5.41) is 11.8. The topological polar surface area (TPSA) is 98.7 Å². The van der Waals surface area contributed by atoms with Crippen LogP contribution in [0.25, 0.3) is 34.2 Å². The quantitative estimate of drug-likeness (QED) is 0.223. The Morgan fingerprint density at radius 2 is 1.61 bits per heavy atom. The monoisotopic (exact) mass is 564 g/mol. The molecule has 0 saturated carbocycles. The van der Waals surface area contributed by atoms with E-state index >= 15 is 0 Å². The Bertz CT molecular complexity index is 1770. The van der Waals surface area contributed by atoms with Gasteiger partial charge in [0.2, 0.25) is 11.8 Å². The van der Waals surface area contributed by atoms with Crippen molar-refractivity contribution in [2.24, 2.45) is 0 Å². The summed E-state index contributed by atoms with van der Waals surface area (Å²) in [7, 11) is 0. The number of nitrogens with zero attached hydrogens (tertiary/aromatic N) is 5. The third-order valence-corrected chi connectivity index (χ3v) is 6.82. The molecule has 0 radical (unpaired) electrons. The Balaban J connectivity index is 1.22. The van der Waals surface area contributed by atoms with Gasteiger partial charge >= 0.3 is 0 Å². The number of imidazole rings is 1. The predicted molar refractivity (Wildman–Crippen MR) is 152 cm³/mol. The summed E-state index contributed by atoms with van der Waals surface area (Å²) in [6, 6.07) is 23.6. The van der Waals surface area contributed by atoms with Gasteiger partial charge < -0.3 is 14.3 Å². The lowest BCUT2D eigenvalue weighted by molar-refractivity contribution is 0.0932. The smallest absolute Gasteiger partial charge is 0.251 e. The third kappa shape index (κ3) is 5.90. The standard InChI is InChI=1S/C31H22ClFN6O2/c32-26-16-27(20-10-12-24(33)13-11-20)35-17-25(26)28(18-39-15-14-34-19-39)36-29(40)21-6-8-23(9-7-21)31-38-37-30(41-31)22-4-2-1-3-5-22/h1-17,19,28H,18H2,(H,36,40)/t28-/m0/s1.